The first kappa shape index (κ1) is 22.4. The van der Waals surface area contributed by atoms with E-state index in [0.29, 0.717) is 22.7 Å². The monoisotopic (exact) mass is 474 g/mol. The Morgan fingerprint density at radius 1 is 1.09 bits per heavy atom. The van der Waals surface area contributed by atoms with Gasteiger partial charge in [0.05, 0.1) is 19.3 Å². The van der Waals surface area contributed by atoms with Crippen LogP contribution in [0.15, 0.2) is 52.4 Å². The van der Waals surface area contributed by atoms with Crippen molar-refractivity contribution in [3.63, 3.8) is 0 Å². The van der Waals surface area contributed by atoms with E-state index in [4.69, 9.17) is 17.0 Å². The molecule has 3 aliphatic rings. The number of fused-ring (bicyclic) bond motifs is 3. The second-order valence-electron chi connectivity index (χ2n) is 9.10. The number of benzene rings is 2. The van der Waals surface area contributed by atoms with Crippen molar-refractivity contribution in [1.29, 1.82) is 0 Å². The van der Waals surface area contributed by atoms with Crippen LogP contribution >= 0.6 is 12.2 Å². The molecule has 0 saturated heterocycles. The molecule has 34 heavy (non-hydrogen) atoms. The summed E-state index contributed by atoms with van der Waals surface area (Å²) in [5.74, 6) is 1.07. The molecule has 174 valence electrons. The van der Waals surface area contributed by atoms with Gasteiger partial charge in [0.1, 0.15) is 11.5 Å². The van der Waals surface area contributed by atoms with E-state index >= 15 is 0 Å². The van der Waals surface area contributed by atoms with Crippen LogP contribution in [0.4, 0.5) is 5.69 Å². The Labute approximate surface area is 203 Å². The maximum Gasteiger partial charge on any atom is 0.281 e. The van der Waals surface area contributed by atoms with Crippen molar-refractivity contribution >= 4 is 46.3 Å². The summed E-state index contributed by atoms with van der Waals surface area (Å²) in [5.41, 5.74) is 3.66. The van der Waals surface area contributed by atoms with Gasteiger partial charge in [0.25, 0.3) is 11.8 Å². The molecule has 0 radical (unpaired) electrons. The fourth-order valence-corrected chi connectivity index (χ4v) is 4.86. The van der Waals surface area contributed by atoms with Gasteiger partial charge in [-0.3, -0.25) is 14.5 Å². The van der Waals surface area contributed by atoms with Crippen molar-refractivity contribution in [2.45, 2.75) is 45.2 Å². The molecule has 0 spiro atoms. The summed E-state index contributed by atoms with van der Waals surface area (Å²) in [7, 11) is 1.59. The van der Waals surface area contributed by atoms with Crippen molar-refractivity contribution < 1.29 is 14.3 Å². The number of nitrogens with zero attached hydrogens (tertiary/aromatic N) is 3. The summed E-state index contributed by atoms with van der Waals surface area (Å²) in [6, 6.07) is 12.9. The zero-order valence-electron chi connectivity index (χ0n) is 19.2. The minimum atomic E-state index is -0.279. The van der Waals surface area contributed by atoms with Crippen LogP contribution in [0.3, 0.4) is 0 Å². The van der Waals surface area contributed by atoms with Crippen LogP contribution in [0.2, 0.25) is 0 Å². The summed E-state index contributed by atoms with van der Waals surface area (Å²) < 4.78 is 5.28. The van der Waals surface area contributed by atoms with Crippen LogP contribution in [-0.4, -0.2) is 46.4 Å². The van der Waals surface area contributed by atoms with Gasteiger partial charge in [-0.1, -0.05) is 19.1 Å². The summed E-state index contributed by atoms with van der Waals surface area (Å²) >= 11 is 5.45. The molecule has 1 saturated carbocycles. The van der Waals surface area contributed by atoms with E-state index in [1.807, 2.05) is 18.2 Å². The first-order chi connectivity index (χ1) is 16.4. The van der Waals surface area contributed by atoms with Gasteiger partial charge in [0.15, 0.2) is 5.71 Å². The van der Waals surface area contributed by atoms with Gasteiger partial charge in [-0.25, -0.2) is 9.98 Å². The molecular formula is C26H26N4O3S. The van der Waals surface area contributed by atoms with Gasteiger partial charge in [-0.2, -0.15) is 0 Å². The van der Waals surface area contributed by atoms with Crippen molar-refractivity contribution in [3.05, 3.63) is 59.2 Å². The Kier molecular flexibility index (Phi) is 6.00. The average molecular weight is 475 g/mol. The zero-order chi connectivity index (χ0) is 23.8. The zero-order valence-corrected chi connectivity index (χ0v) is 20.0. The molecule has 2 aromatic rings. The molecule has 1 aliphatic carbocycles. The number of nitrogens with one attached hydrogen (secondary N) is 1. The summed E-state index contributed by atoms with van der Waals surface area (Å²) in [4.78, 5) is 36.3. The highest BCUT2D eigenvalue weighted by Crippen LogP contribution is 2.33. The highest BCUT2D eigenvalue weighted by molar-refractivity contribution is 7.80. The van der Waals surface area contributed by atoms with Crippen LogP contribution < -0.4 is 10.1 Å². The van der Waals surface area contributed by atoms with E-state index in [2.05, 4.69) is 22.2 Å². The van der Waals surface area contributed by atoms with Crippen molar-refractivity contribution in [2.75, 3.05) is 7.11 Å². The lowest BCUT2D eigenvalue weighted by atomic mass is 9.87. The van der Waals surface area contributed by atoms with Gasteiger partial charge in [-0.05, 0) is 79.7 Å². The number of amides is 2. The number of ether oxygens (including phenoxy) is 1. The molecule has 2 aliphatic heterocycles. The smallest absolute Gasteiger partial charge is 0.281 e. The molecule has 0 unspecified atom stereocenters. The number of rotatable bonds is 5. The second-order valence-corrected chi connectivity index (χ2v) is 9.47. The maximum atomic E-state index is 13.2. The molecule has 1 fully saturated rings. The molecule has 0 aromatic heterocycles. The molecular weight excluding hydrogens is 448 g/mol. The van der Waals surface area contributed by atoms with E-state index < -0.39 is 0 Å². The number of aliphatic imine (C=N–C) groups is 2. The Morgan fingerprint density at radius 3 is 2.53 bits per heavy atom. The maximum absolute atomic E-state index is 13.2. The fourth-order valence-electron chi connectivity index (χ4n) is 4.62. The van der Waals surface area contributed by atoms with Crippen molar-refractivity contribution in [2.24, 2.45) is 15.9 Å². The molecule has 2 heterocycles. The predicted molar refractivity (Wildman–Crippen MR) is 135 cm³/mol. The Morgan fingerprint density at radius 2 is 1.82 bits per heavy atom. The number of hydrogen-bond donors (Lipinski definition) is 1. The van der Waals surface area contributed by atoms with Crippen molar-refractivity contribution in [1.82, 2.24) is 10.2 Å². The molecule has 2 amide bonds. The first-order valence-corrected chi connectivity index (χ1v) is 12.0. The van der Waals surface area contributed by atoms with Crippen LogP contribution in [-0.2, 0) is 11.3 Å². The summed E-state index contributed by atoms with van der Waals surface area (Å²) in [6.07, 6.45) is 4.37. The molecule has 1 N–H and O–H groups in total. The Hall–Kier alpha value is -3.39. The lowest BCUT2D eigenvalue weighted by Crippen LogP contribution is -2.45. The fraction of sp³-hybridized carbons (Fsp3) is 0.346. The van der Waals surface area contributed by atoms with Gasteiger partial charge >= 0.3 is 0 Å². The van der Waals surface area contributed by atoms with E-state index in [1.54, 1.807) is 31.4 Å². The molecule has 0 atom stereocenters. The Balaban J connectivity index is 1.27. The van der Waals surface area contributed by atoms with Crippen molar-refractivity contribution in [3.8, 4) is 5.75 Å². The van der Waals surface area contributed by atoms with E-state index in [-0.39, 0.29) is 35.2 Å². The minimum absolute atomic E-state index is 0.0570. The predicted octanol–water partition coefficient (Wildman–Crippen LogP) is 4.21. The van der Waals surface area contributed by atoms with Gasteiger partial charge < -0.3 is 10.1 Å². The van der Waals surface area contributed by atoms with Gasteiger partial charge in [-0.15, -0.1) is 0 Å². The summed E-state index contributed by atoms with van der Waals surface area (Å²) in [5, 5.41) is 3.34. The Bertz CT molecular complexity index is 1230. The first-order valence-electron chi connectivity index (χ1n) is 11.5. The second kappa shape index (κ2) is 9.10. The number of carbonyl (C=O) groups excluding carboxylic acids is 2. The van der Waals surface area contributed by atoms with Crippen LogP contribution in [0.1, 0.15) is 54.1 Å². The lowest BCUT2D eigenvalue weighted by Gasteiger charge is -2.27. The number of thiocarbonyl (C=S) groups is 1. The SMILES string of the molecule is COc1ccc2c(c1)C1=NC(=S)N(Cc3ccc(C(=O)NC4CCC(C)CC4)cc3)C(=O)C1=N2. The number of carbonyl (C=O) groups is 2. The molecule has 2 aromatic carbocycles. The third kappa shape index (κ3) is 4.25. The molecule has 8 heteroatoms. The van der Waals surface area contributed by atoms with Crippen LogP contribution in [0, 0.1) is 5.92 Å². The third-order valence-corrected chi connectivity index (χ3v) is 7.02. The summed E-state index contributed by atoms with van der Waals surface area (Å²) in [6.45, 7) is 2.52. The molecule has 0 bridgehead atoms. The number of hydrogen-bond acceptors (Lipinski definition) is 5. The van der Waals surface area contributed by atoms with Gasteiger partial charge in [0.2, 0.25) is 5.11 Å². The lowest BCUT2D eigenvalue weighted by molar-refractivity contribution is -0.120. The average Bonchev–Trinajstić information content (AvgIpc) is 3.21. The number of methoxy groups -OCH3 is 1. The third-order valence-electron chi connectivity index (χ3n) is 6.71. The topological polar surface area (TPSA) is 83.4 Å². The minimum Gasteiger partial charge on any atom is -0.497 e. The van der Waals surface area contributed by atoms with E-state index in [0.717, 1.165) is 42.7 Å². The highest BCUT2D eigenvalue weighted by Gasteiger charge is 2.37. The van der Waals surface area contributed by atoms with E-state index in [1.165, 1.54) is 4.90 Å². The molecule has 7 nitrogen and oxygen atoms in total. The van der Waals surface area contributed by atoms with Crippen LogP contribution in [0.25, 0.3) is 0 Å². The normalized spacial score (nSPS) is 21.4. The standard InChI is InChI=1S/C26H26N4O3S/c1-15-3-9-18(10-4-15)27-24(31)17-7-5-16(6-8-17)14-30-25(32)23-22(29-26(30)34)20-13-19(33-2)11-12-21(20)28-23/h5-8,11-13,15,18H,3-4,9-10,14H2,1-2H3,(H,27,31). The highest BCUT2D eigenvalue weighted by atomic mass is 32.1. The molecule has 5 rings (SSSR count). The quantitative estimate of drug-likeness (QED) is 0.658. The van der Waals surface area contributed by atoms with Gasteiger partial charge in [0, 0.05) is 17.2 Å². The van der Waals surface area contributed by atoms with Crippen LogP contribution in [0.5, 0.6) is 5.75 Å². The van der Waals surface area contributed by atoms with E-state index in [9.17, 15) is 9.59 Å². The largest absolute Gasteiger partial charge is 0.497 e.